The molecule has 0 aromatic carbocycles. The van der Waals surface area contributed by atoms with E-state index >= 15 is 0 Å². The Morgan fingerprint density at radius 3 is 2.44 bits per heavy atom. The van der Waals surface area contributed by atoms with Crippen molar-refractivity contribution in [3.8, 4) is 0 Å². The van der Waals surface area contributed by atoms with Crippen LogP contribution in [0.1, 0.15) is 37.1 Å². The predicted octanol–water partition coefficient (Wildman–Crippen LogP) is 3.08. The number of anilines is 1. The maximum atomic E-state index is 12.3. The molecule has 1 aromatic rings. The molecule has 1 N–H and O–H groups in total. The van der Waals surface area contributed by atoms with Crippen molar-refractivity contribution in [2.75, 3.05) is 5.32 Å². The predicted molar refractivity (Wildman–Crippen MR) is 60.1 cm³/mol. The maximum Gasteiger partial charge on any atom is 0.445 e. The number of nitrogens with zero attached hydrogens (tertiary/aromatic N) is 2. The smallest absolute Gasteiger partial charge is 0.300 e. The average Bonchev–Trinajstić information content (AvgIpc) is 2.78. The molecule has 1 aromatic heterocycles. The van der Waals surface area contributed by atoms with Crippen LogP contribution < -0.4 is 5.32 Å². The largest absolute Gasteiger partial charge is 0.445 e. The lowest BCUT2D eigenvalue weighted by molar-refractivity contribution is -0.138. The topological polar surface area (TPSA) is 54.9 Å². The minimum atomic E-state index is -4.51. The van der Waals surface area contributed by atoms with Crippen molar-refractivity contribution in [2.24, 2.45) is 5.92 Å². The van der Waals surface area contributed by atoms with Gasteiger partial charge in [-0.25, -0.2) is 0 Å². The van der Waals surface area contributed by atoms with Crippen LogP contribution in [-0.4, -0.2) is 16.1 Å². The Morgan fingerprint density at radius 1 is 1.22 bits per heavy atom. The van der Waals surface area contributed by atoms with E-state index in [1.807, 2.05) is 0 Å². The molecule has 1 amide bonds. The SMILES string of the molecule is O=C(Nc1nnc(C(F)(F)F)s1)C1CCCCC1. The zero-order chi connectivity index (χ0) is 13.2. The highest BCUT2D eigenvalue weighted by Crippen LogP contribution is 2.33. The Kier molecular flexibility index (Phi) is 3.84. The number of rotatable bonds is 2. The van der Waals surface area contributed by atoms with Crippen LogP contribution in [0.15, 0.2) is 0 Å². The summed E-state index contributed by atoms with van der Waals surface area (Å²) in [7, 11) is 0. The summed E-state index contributed by atoms with van der Waals surface area (Å²) in [5.74, 6) is -0.364. The van der Waals surface area contributed by atoms with Crippen molar-refractivity contribution >= 4 is 22.4 Å². The lowest BCUT2D eigenvalue weighted by Gasteiger charge is -2.19. The molecule has 18 heavy (non-hydrogen) atoms. The highest BCUT2D eigenvalue weighted by molar-refractivity contribution is 7.15. The van der Waals surface area contributed by atoms with E-state index in [2.05, 4.69) is 15.5 Å². The maximum absolute atomic E-state index is 12.3. The van der Waals surface area contributed by atoms with Gasteiger partial charge in [-0.15, -0.1) is 10.2 Å². The van der Waals surface area contributed by atoms with Gasteiger partial charge in [-0.1, -0.05) is 30.6 Å². The summed E-state index contributed by atoms with van der Waals surface area (Å²) >= 11 is 0.353. The Morgan fingerprint density at radius 2 is 1.89 bits per heavy atom. The third kappa shape index (κ3) is 3.18. The number of hydrogen-bond donors (Lipinski definition) is 1. The van der Waals surface area contributed by atoms with Gasteiger partial charge in [0.25, 0.3) is 0 Å². The van der Waals surface area contributed by atoms with Gasteiger partial charge in [-0.3, -0.25) is 4.79 Å². The molecule has 100 valence electrons. The summed E-state index contributed by atoms with van der Waals surface area (Å²) < 4.78 is 36.9. The number of halogens is 3. The van der Waals surface area contributed by atoms with Gasteiger partial charge in [-0.2, -0.15) is 13.2 Å². The van der Waals surface area contributed by atoms with Crippen LogP contribution in [0.3, 0.4) is 0 Å². The summed E-state index contributed by atoms with van der Waals surface area (Å²) in [6, 6.07) is 0. The summed E-state index contributed by atoms with van der Waals surface area (Å²) in [6.45, 7) is 0. The molecular weight excluding hydrogens is 267 g/mol. The molecule has 0 atom stereocenters. The lowest BCUT2D eigenvalue weighted by atomic mass is 9.89. The molecule has 8 heteroatoms. The average molecular weight is 279 g/mol. The van der Waals surface area contributed by atoms with Crippen LogP contribution in [0.4, 0.5) is 18.3 Å². The van der Waals surface area contributed by atoms with Crippen molar-refractivity contribution in [3.63, 3.8) is 0 Å². The molecule has 0 spiro atoms. The van der Waals surface area contributed by atoms with Crippen molar-refractivity contribution in [2.45, 2.75) is 38.3 Å². The van der Waals surface area contributed by atoms with Crippen LogP contribution in [-0.2, 0) is 11.0 Å². The number of carbonyl (C=O) groups excluding carboxylic acids is 1. The van der Waals surface area contributed by atoms with E-state index < -0.39 is 11.2 Å². The standard InChI is InChI=1S/C10H12F3N3OS/c11-10(12,13)8-15-16-9(18-8)14-7(17)6-4-2-1-3-5-6/h6H,1-5H2,(H,14,16,17). The molecule has 4 nitrogen and oxygen atoms in total. The summed E-state index contributed by atoms with van der Waals surface area (Å²) in [5.41, 5.74) is 0. The zero-order valence-corrected chi connectivity index (χ0v) is 10.3. The van der Waals surface area contributed by atoms with E-state index in [-0.39, 0.29) is 17.0 Å². The van der Waals surface area contributed by atoms with E-state index in [0.717, 1.165) is 32.1 Å². The highest BCUT2D eigenvalue weighted by atomic mass is 32.1. The first-order valence-electron chi connectivity index (χ1n) is 5.68. The van der Waals surface area contributed by atoms with Crippen LogP contribution in [0, 0.1) is 5.92 Å². The van der Waals surface area contributed by atoms with Gasteiger partial charge in [0, 0.05) is 5.92 Å². The monoisotopic (exact) mass is 279 g/mol. The Hall–Kier alpha value is -1.18. The van der Waals surface area contributed by atoms with E-state index in [9.17, 15) is 18.0 Å². The van der Waals surface area contributed by atoms with Gasteiger partial charge in [0.15, 0.2) is 0 Å². The van der Waals surface area contributed by atoms with E-state index in [1.54, 1.807) is 0 Å². The van der Waals surface area contributed by atoms with Crippen LogP contribution in [0.2, 0.25) is 0 Å². The van der Waals surface area contributed by atoms with Crippen LogP contribution >= 0.6 is 11.3 Å². The van der Waals surface area contributed by atoms with Crippen molar-refractivity contribution in [1.82, 2.24) is 10.2 Å². The van der Waals surface area contributed by atoms with Crippen molar-refractivity contribution in [3.05, 3.63) is 5.01 Å². The fourth-order valence-corrected chi connectivity index (χ4v) is 2.57. The second-order valence-electron chi connectivity index (χ2n) is 4.23. The first kappa shape index (κ1) is 13.3. The second kappa shape index (κ2) is 5.21. The lowest BCUT2D eigenvalue weighted by Crippen LogP contribution is -2.24. The molecule has 0 unspecified atom stereocenters. The third-order valence-corrected chi connectivity index (χ3v) is 3.76. The fourth-order valence-electron chi connectivity index (χ4n) is 1.96. The molecule has 2 rings (SSSR count). The van der Waals surface area contributed by atoms with Gasteiger partial charge in [0.05, 0.1) is 0 Å². The number of hydrogen-bond acceptors (Lipinski definition) is 4. The van der Waals surface area contributed by atoms with Gasteiger partial charge in [0.1, 0.15) is 0 Å². The molecule has 1 saturated carbocycles. The number of alkyl halides is 3. The Labute approximate surface area is 106 Å². The van der Waals surface area contributed by atoms with Gasteiger partial charge in [0.2, 0.25) is 16.0 Å². The molecule has 0 aliphatic heterocycles. The molecule has 1 aliphatic carbocycles. The van der Waals surface area contributed by atoms with Gasteiger partial charge in [-0.05, 0) is 12.8 Å². The van der Waals surface area contributed by atoms with Crippen LogP contribution in [0.5, 0.6) is 0 Å². The summed E-state index contributed by atoms with van der Waals surface area (Å²) in [4.78, 5) is 11.8. The Balaban J connectivity index is 1.96. The molecule has 1 heterocycles. The molecule has 1 aliphatic rings. The minimum Gasteiger partial charge on any atom is -0.300 e. The first-order chi connectivity index (χ1) is 8.47. The quantitative estimate of drug-likeness (QED) is 0.905. The third-order valence-electron chi connectivity index (χ3n) is 2.87. The molecule has 1 fully saturated rings. The fraction of sp³-hybridized carbons (Fsp3) is 0.700. The molecule has 0 saturated heterocycles. The van der Waals surface area contributed by atoms with Gasteiger partial charge >= 0.3 is 6.18 Å². The van der Waals surface area contributed by atoms with Crippen molar-refractivity contribution < 1.29 is 18.0 Å². The molecule has 0 radical (unpaired) electrons. The molecular formula is C10H12F3N3OS. The van der Waals surface area contributed by atoms with Crippen molar-refractivity contribution in [1.29, 1.82) is 0 Å². The van der Waals surface area contributed by atoms with E-state index in [4.69, 9.17) is 0 Å². The number of carbonyl (C=O) groups is 1. The second-order valence-corrected chi connectivity index (χ2v) is 5.21. The summed E-state index contributed by atoms with van der Waals surface area (Å²) in [5, 5.41) is 7.63. The minimum absolute atomic E-state index is 0.0853. The van der Waals surface area contributed by atoms with Crippen LogP contribution in [0.25, 0.3) is 0 Å². The normalized spacial score (nSPS) is 17.7. The molecule has 0 bridgehead atoms. The first-order valence-corrected chi connectivity index (χ1v) is 6.50. The number of amides is 1. The number of nitrogens with one attached hydrogen (secondary N) is 1. The van der Waals surface area contributed by atoms with E-state index in [0.29, 0.717) is 11.3 Å². The zero-order valence-electron chi connectivity index (χ0n) is 9.46. The van der Waals surface area contributed by atoms with E-state index in [1.165, 1.54) is 0 Å². The Bertz CT molecular complexity index is 426. The summed E-state index contributed by atoms with van der Waals surface area (Å²) in [6.07, 6.45) is 0.157. The number of aromatic nitrogens is 2. The highest BCUT2D eigenvalue weighted by Gasteiger charge is 2.36. The van der Waals surface area contributed by atoms with Gasteiger partial charge < -0.3 is 5.32 Å².